The summed E-state index contributed by atoms with van der Waals surface area (Å²) in [4.78, 5) is 0. The van der Waals surface area contributed by atoms with Gasteiger partial charge in [0.2, 0.25) is 0 Å². The molecule has 1 nitrogen and oxygen atoms in total. The molecule has 0 aromatic heterocycles. The van der Waals surface area contributed by atoms with Gasteiger partial charge in [-0.05, 0) is 31.8 Å². The minimum atomic E-state index is 0.935. The van der Waals surface area contributed by atoms with Gasteiger partial charge in [0.1, 0.15) is 0 Å². The van der Waals surface area contributed by atoms with Crippen molar-refractivity contribution in [2.24, 2.45) is 5.92 Å². The van der Waals surface area contributed by atoms with Crippen molar-refractivity contribution in [2.45, 2.75) is 52.9 Å². The van der Waals surface area contributed by atoms with Crippen LogP contribution in [0.15, 0.2) is 0 Å². The van der Waals surface area contributed by atoms with Crippen molar-refractivity contribution in [1.29, 1.82) is 0 Å². The van der Waals surface area contributed by atoms with E-state index in [1.165, 1.54) is 45.2 Å². The Balaban J connectivity index is 0.000000202. The van der Waals surface area contributed by atoms with Crippen molar-refractivity contribution < 1.29 is 0 Å². The van der Waals surface area contributed by atoms with Gasteiger partial charge in [0.25, 0.3) is 0 Å². The van der Waals surface area contributed by atoms with Crippen molar-refractivity contribution in [3.05, 3.63) is 0 Å². The first kappa shape index (κ1) is 12.0. The predicted octanol–water partition coefficient (Wildman–Crippen LogP) is 3.20. The topological polar surface area (TPSA) is 12.0 Å². The number of hydrogen-bond acceptors (Lipinski definition) is 1. The molecule has 1 N–H and O–H groups in total. The molecule has 1 rings (SSSR count). The molecule has 0 aliphatic carbocycles. The number of piperidine rings is 1. The summed E-state index contributed by atoms with van der Waals surface area (Å²) in [6.07, 6.45) is 6.88. The van der Waals surface area contributed by atoms with E-state index in [2.05, 4.69) is 26.1 Å². The van der Waals surface area contributed by atoms with E-state index < -0.39 is 0 Å². The molecule has 0 aromatic carbocycles. The van der Waals surface area contributed by atoms with Gasteiger partial charge in [0.15, 0.2) is 0 Å². The van der Waals surface area contributed by atoms with E-state index in [0.29, 0.717) is 0 Å². The summed E-state index contributed by atoms with van der Waals surface area (Å²) >= 11 is 0. The Hall–Kier alpha value is -0.0400. The summed E-state index contributed by atoms with van der Waals surface area (Å²) < 4.78 is 0. The van der Waals surface area contributed by atoms with Gasteiger partial charge < -0.3 is 5.32 Å². The van der Waals surface area contributed by atoms with Gasteiger partial charge in [-0.2, -0.15) is 0 Å². The van der Waals surface area contributed by atoms with Crippen molar-refractivity contribution in [3.8, 4) is 0 Å². The SMILES string of the molecule is C1CCNCC1.CCC(C)CC. The molecule has 1 heterocycles. The van der Waals surface area contributed by atoms with E-state index in [9.17, 15) is 0 Å². The smallest absolute Gasteiger partial charge is 0.00489 e. The first-order chi connectivity index (χ1) is 5.81. The van der Waals surface area contributed by atoms with Crippen LogP contribution in [0.5, 0.6) is 0 Å². The highest BCUT2D eigenvalue weighted by atomic mass is 14.9. The largest absolute Gasteiger partial charge is 0.317 e. The summed E-state index contributed by atoms with van der Waals surface area (Å²) in [5.41, 5.74) is 0. The van der Waals surface area contributed by atoms with Crippen LogP contribution in [0, 0.1) is 5.92 Å². The second kappa shape index (κ2) is 9.05. The highest BCUT2D eigenvalue weighted by Crippen LogP contribution is 2.02. The van der Waals surface area contributed by atoms with E-state index in [1.54, 1.807) is 0 Å². The van der Waals surface area contributed by atoms with Gasteiger partial charge in [-0.3, -0.25) is 0 Å². The molecular formula is C11H25N. The highest BCUT2D eigenvalue weighted by Gasteiger charge is 1.93. The molecule has 0 aromatic rings. The number of nitrogens with one attached hydrogen (secondary N) is 1. The van der Waals surface area contributed by atoms with Crippen LogP contribution in [0.3, 0.4) is 0 Å². The van der Waals surface area contributed by atoms with Gasteiger partial charge >= 0.3 is 0 Å². The molecule has 0 spiro atoms. The molecule has 74 valence electrons. The van der Waals surface area contributed by atoms with Crippen molar-refractivity contribution in [1.82, 2.24) is 5.32 Å². The molecule has 0 radical (unpaired) electrons. The summed E-state index contributed by atoms with van der Waals surface area (Å²) in [6.45, 7) is 9.24. The van der Waals surface area contributed by atoms with Crippen LogP contribution in [0.2, 0.25) is 0 Å². The first-order valence-corrected chi connectivity index (χ1v) is 5.52. The zero-order valence-corrected chi connectivity index (χ0v) is 9.03. The third kappa shape index (κ3) is 8.06. The summed E-state index contributed by atoms with van der Waals surface area (Å²) in [7, 11) is 0. The Kier molecular flexibility index (Phi) is 9.02. The molecule has 1 aliphatic heterocycles. The number of rotatable bonds is 2. The Bertz CT molecular complexity index is 61.6. The molecule has 1 heteroatoms. The molecule has 0 unspecified atom stereocenters. The fourth-order valence-electron chi connectivity index (χ4n) is 1.09. The van der Waals surface area contributed by atoms with Crippen LogP contribution >= 0.6 is 0 Å². The predicted molar refractivity (Wildman–Crippen MR) is 56.5 cm³/mol. The van der Waals surface area contributed by atoms with E-state index in [1.807, 2.05) is 0 Å². The fourth-order valence-corrected chi connectivity index (χ4v) is 1.09. The quantitative estimate of drug-likeness (QED) is 0.673. The zero-order valence-electron chi connectivity index (χ0n) is 9.03. The van der Waals surface area contributed by atoms with Gasteiger partial charge in [-0.15, -0.1) is 0 Å². The molecule has 1 saturated heterocycles. The molecule has 0 amide bonds. The first-order valence-electron chi connectivity index (χ1n) is 5.52. The summed E-state index contributed by atoms with van der Waals surface area (Å²) in [6, 6.07) is 0. The van der Waals surface area contributed by atoms with Crippen LogP contribution in [-0.4, -0.2) is 13.1 Å². The zero-order chi connectivity index (χ0) is 9.23. The number of hydrogen-bond donors (Lipinski definition) is 1. The lowest BCUT2D eigenvalue weighted by Crippen LogP contribution is -2.21. The van der Waals surface area contributed by atoms with Gasteiger partial charge in [0.05, 0.1) is 0 Å². The lowest BCUT2D eigenvalue weighted by atomic mass is 10.1. The minimum Gasteiger partial charge on any atom is -0.317 e. The standard InChI is InChI=1S/C6H14.C5H11N/c1-4-6(3)5-2;1-2-4-6-5-3-1/h6H,4-5H2,1-3H3;6H,1-5H2. The molecule has 1 fully saturated rings. The third-order valence-electron chi connectivity index (χ3n) is 2.60. The average Bonchev–Trinajstić information content (AvgIpc) is 2.20. The van der Waals surface area contributed by atoms with Gasteiger partial charge in [-0.1, -0.05) is 40.0 Å². The van der Waals surface area contributed by atoms with E-state index >= 15 is 0 Å². The van der Waals surface area contributed by atoms with Crippen LogP contribution in [-0.2, 0) is 0 Å². The van der Waals surface area contributed by atoms with Crippen LogP contribution in [0.1, 0.15) is 52.9 Å². The van der Waals surface area contributed by atoms with Crippen molar-refractivity contribution >= 4 is 0 Å². The van der Waals surface area contributed by atoms with Crippen LogP contribution in [0.25, 0.3) is 0 Å². The van der Waals surface area contributed by atoms with Crippen LogP contribution in [0.4, 0.5) is 0 Å². The summed E-state index contributed by atoms with van der Waals surface area (Å²) in [5.74, 6) is 0.935. The molecule has 0 bridgehead atoms. The second-order valence-corrected chi connectivity index (χ2v) is 3.73. The maximum atomic E-state index is 3.28. The van der Waals surface area contributed by atoms with Crippen LogP contribution < -0.4 is 5.32 Å². The third-order valence-corrected chi connectivity index (χ3v) is 2.60. The lowest BCUT2D eigenvalue weighted by molar-refractivity contribution is 0.520. The monoisotopic (exact) mass is 171 g/mol. The Morgan fingerprint density at radius 3 is 1.58 bits per heavy atom. The Morgan fingerprint density at radius 1 is 1.00 bits per heavy atom. The summed E-state index contributed by atoms with van der Waals surface area (Å²) in [5, 5.41) is 3.28. The normalized spacial score (nSPS) is 17.0. The lowest BCUT2D eigenvalue weighted by Gasteiger charge is -2.08. The molecule has 0 atom stereocenters. The van der Waals surface area contributed by atoms with Gasteiger partial charge in [0, 0.05) is 0 Å². The Labute approximate surface area is 77.9 Å². The van der Waals surface area contributed by atoms with E-state index in [0.717, 1.165) is 5.92 Å². The highest BCUT2D eigenvalue weighted by molar-refractivity contribution is 4.55. The fraction of sp³-hybridized carbons (Fsp3) is 1.00. The Morgan fingerprint density at radius 2 is 1.50 bits per heavy atom. The second-order valence-electron chi connectivity index (χ2n) is 3.73. The maximum Gasteiger partial charge on any atom is -0.00489 e. The molecule has 0 saturated carbocycles. The average molecular weight is 171 g/mol. The molecular weight excluding hydrogens is 146 g/mol. The van der Waals surface area contributed by atoms with Gasteiger partial charge in [-0.25, -0.2) is 0 Å². The van der Waals surface area contributed by atoms with E-state index in [-0.39, 0.29) is 0 Å². The van der Waals surface area contributed by atoms with E-state index in [4.69, 9.17) is 0 Å². The minimum absolute atomic E-state index is 0.935. The van der Waals surface area contributed by atoms with Crippen molar-refractivity contribution in [3.63, 3.8) is 0 Å². The van der Waals surface area contributed by atoms with Crippen molar-refractivity contribution in [2.75, 3.05) is 13.1 Å². The maximum absolute atomic E-state index is 3.28. The molecule has 1 aliphatic rings. The molecule has 12 heavy (non-hydrogen) atoms.